The highest BCUT2D eigenvalue weighted by molar-refractivity contribution is 6.34. The van der Waals surface area contributed by atoms with Gasteiger partial charge in [0.05, 0.1) is 12.1 Å². The van der Waals surface area contributed by atoms with E-state index in [1.807, 2.05) is 6.07 Å². The molecule has 1 aromatic rings. The van der Waals surface area contributed by atoms with E-state index in [1.165, 1.54) is 0 Å². The van der Waals surface area contributed by atoms with Gasteiger partial charge >= 0.3 is 0 Å². The molecule has 0 saturated carbocycles. The number of halogens is 3. The fourth-order valence-electron chi connectivity index (χ4n) is 2.31. The van der Waals surface area contributed by atoms with Gasteiger partial charge in [-0.1, -0.05) is 30.1 Å². The van der Waals surface area contributed by atoms with Crippen LogP contribution >= 0.6 is 35.6 Å². The smallest absolute Gasteiger partial charge is 0.138 e. The van der Waals surface area contributed by atoms with Crippen LogP contribution in [0.25, 0.3) is 0 Å². The second kappa shape index (κ2) is 7.00. The third kappa shape index (κ3) is 3.89. The van der Waals surface area contributed by atoms with Crippen molar-refractivity contribution in [3.8, 4) is 5.75 Å². The fourth-order valence-corrected chi connectivity index (χ4v) is 2.79. The minimum atomic E-state index is 0. The summed E-state index contributed by atoms with van der Waals surface area (Å²) in [5, 5.41) is 1.28. The number of benzene rings is 1. The molecular formula is C13H19Cl3N2O. The monoisotopic (exact) mass is 324 g/mol. The van der Waals surface area contributed by atoms with Crippen molar-refractivity contribution >= 4 is 35.6 Å². The molecule has 1 fully saturated rings. The zero-order valence-electron chi connectivity index (χ0n) is 11.0. The molecule has 2 rings (SSSR count). The van der Waals surface area contributed by atoms with E-state index in [4.69, 9.17) is 33.7 Å². The third-order valence-corrected chi connectivity index (χ3v) is 4.11. The van der Waals surface area contributed by atoms with E-state index >= 15 is 0 Å². The summed E-state index contributed by atoms with van der Waals surface area (Å²) < 4.78 is 5.13. The van der Waals surface area contributed by atoms with E-state index in [1.54, 1.807) is 13.2 Å². The van der Waals surface area contributed by atoms with Crippen molar-refractivity contribution in [3.05, 3.63) is 27.7 Å². The van der Waals surface area contributed by atoms with Crippen LogP contribution in [0.15, 0.2) is 12.1 Å². The second-order valence-corrected chi connectivity index (χ2v) is 5.73. The van der Waals surface area contributed by atoms with E-state index in [9.17, 15) is 0 Å². The predicted octanol–water partition coefficient (Wildman–Crippen LogP) is 3.20. The molecule has 2 unspecified atom stereocenters. The van der Waals surface area contributed by atoms with E-state index < -0.39 is 0 Å². The summed E-state index contributed by atoms with van der Waals surface area (Å²) in [6, 6.07) is 3.88. The van der Waals surface area contributed by atoms with Crippen LogP contribution in [0, 0.1) is 5.92 Å². The molecule has 1 aliphatic heterocycles. The van der Waals surface area contributed by atoms with E-state index in [0.29, 0.717) is 21.7 Å². The SMILES string of the molecule is COc1cc(Cl)c(CN2CC(C)C(N)C2)cc1Cl.Cl. The van der Waals surface area contributed by atoms with Crippen LogP contribution in [0.5, 0.6) is 5.75 Å². The van der Waals surface area contributed by atoms with Crippen molar-refractivity contribution in [1.82, 2.24) is 4.90 Å². The van der Waals surface area contributed by atoms with E-state index in [-0.39, 0.29) is 18.4 Å². The van der Waals surface area contributed by atoms with Crippen molar-refractivity contribution < 1.29 is 4.74 Å². The number of nitrogens with zero attached hydrogens (tertiary/aromatic N) is 1. The first-order valence-electron chi connectivity index (χ1n) is 6.01. The molecule has 2 atom stereocenters. The van der Waals surface area contributed by atoms with Crippen LogP contribution in [0.2, 0.25) is 10.0 Å². The number of ether oxygens (including phenoxy) is 1. The number of methoxy groups -OCH3 is 1. The number of rotatable bonds is 3. The summed E-state index contributed by atoms with van der Waals surface area (Å²) in [5.41, 5.74) is 7.03. The molecule has 19 heavy (non-hydrogen) atoms. The Morgan fingerprint density at radius 3 is 2.53 bits per heavy atom. The summed E-state index contributed by atoms with van der Waals surface area (Å²) in [6.45, 7) is 4.86. The molecule has 0 aromatic heterocycles. The maximum Gasteiger partial charge on any atom is 0.138 e. The van der Waals surface area contributed by atoms with E-state index in [2.05, 4.69) is 11.8 Å². The molecule has 0 radical (unpaired) electrons. The highest BCUT2D eigenvalue weighted by Crippen LogP contribution is 2.32. The van der Waals surface area contributed by atoms with Crippen molar-refractivity contribution in [3.63, 3.8) is 0 Å². The van der Waals surface area contributed by atoms with Gasteiger partial charge < -0.3 is 10.5 Å². The predicted molar refractivity (Wildman–Crippen MR) is 82.7 cm³/mol. The maximum atomic E-state index is 6.23. The number of nitrogens with two attached hydrogens (primary N) is 1. The van der Waals surface area contributed by atoms with Crippen molar-refractivity contribution in [2.24, 2.45) is 11.7 Å². The Morgan fingerprint density at radius 2 is 2.00 bits per heavy atom. The first-order chi connectivity index (χ1) is 8.51. The lowest BCUT2D eigenvalue weighted by Crippen LogP contribution is -2.28. The molecule has 1 aromatic carbocycles. The first-order valence-corrected chi connectivity index (χ1v) is 6.76. The van der Waals surface area contributed by atoms with Crippen LogP contribution in [0.4, 0.5) is 0 Å². The normalized spacial score (nSPS) is 23.2. The van der Waals surface area contributed by atoms with Crippen molar-refractivity contribution in [1.29, 1.82) is 0 Å². The molecule has 0 bridgehead atoms. The van der Waals surface area contributed by atoms with Gasteiger partial charge in [-0.2, -0.15) is 0 Å². The Bertz CT molecular complexity index is 432. The van der Waals surface area contributed by atoms with Gasteiger partial charge in [-0.25, -0.2) is 0 Å². The maximum absolute atomic E-state index is 6.23. The molecule has 6 heteroatoms. The van der Waals surface area contributed by atoms with Gasteiger partial charge in [0.1, 0.15) is 5.75 Å². The topological polar surface area (TPSA) is 38.5 Å². The molecule has 1 aliphatic rings. The van der Waals surface area contributed by atoms with Crippen LogP contribution in [0.1, 0.15) is 12.5 Å². The van der Waals surface area contributed by atoms with Gasteiger partial charge in [0.2, 0.25) is 0 Å². The highest BCUT2D eigenvalue weighted by Gasteiger charge is 2.26. The lowest BCUT2D eigenvalue weighted by Gasteiger charge is -2.17. The summed E-state index contributed by atoms with van der Waals surface area (Å²) in [6.07, 6.45) is 0. The summed E-state index contributed by atoms with van der Waals surface area (Å²) in [4.78, 5) is 2.30. The average Bonchev–Trinajstić information content (AvgIpc) is 2.62. The standard InChI is InChI=1S/C13H18Cl2N2O.ClH/c1-8-5-17(7-12(8)16)6-9-3-11(15)13(18-2)4-10(9)14;/h3-4,8,12H,5-7,16H2,1-2H3;1H. The molecule has 0 aliphatic carbocycles. The molecule has 3 nitrogen and oxygen atoms in total. The Balaban J connectivity index is 0.00000180. The molecule has 0 spiro atoms. The molecule has 108 valence electrons. The zero-order chi connectivity index (χ0) is 13.3. The van der Waals surface area contributed by atoms with Gasteiger partial charge in [-0.05, 0) is 17.5 Å². The van der Waals surface area contributed by atoms with Gasteiger partial charge in [-0.15, -0.1) is 12.4 Å². The molecule has 2 N–H and O–H groups in total. The van der Waals surface area contributed by atoms with Gasteiger partial charge in [0.25, 0.3) is 0 Å². The summed E-state index contributed by atoms with van der Waals surface area (Å²) in [5.74, 6) is 1.13. The molecule has 1 heterocycles. The lowest BCUT2D eigenvalue weighted by molar-refractivity contribution is 0.318. The number of hydrogen-bond acceptors (Lipinski definition) is 3. The Labute approximate surface area is 130 Å². The second-order valence-electron chi connectivity index (χ2n) is 4.91. The van der Waals surface area contributed by atoms with Crippen LogP contribution < -0.4 is 10.5 Å². The van der Waals surface area contributed by atoms with Gasteiger partial charge in [0, 0.05) is 36.8 Å². The quantitative estimate of drug-likeness (QED) is 0.927. The largest absolute Gasteiger partial charge is 0.495 e. The molecule has 1 saturated heterocycles. The Morgan fingerprint density at radius 1 is 1.32 bits per heavy atom. The minimum Gasteiger partial charge on any atom is -0.495 e. The fraction of sp³-hybridized carbons (Fsp3) is 0.538. The average molecular weight is 326 g/mol. The van der Waals surface area contributed by atoms with Crippen molar-refractivity contribution in [2.45, 2.75) is 19.5 Å². The lowest BCUT2D eigenvalue weighted by atomic mass is 10.1. The van der Waals surface area contributed by atoms with Gasteiger partial charge in [0.15, 0.2) is 0 Å². The highest BCUT2D eigenvalue weighted by atomic mass is 35.5. The van der Waals surface area contributed by atoms with Crippen LogP contribution in [-0.2, 0) is 6.54 Å². The number of hydrogen-bond donors (Lipinski definition) is 1. The molecular weight excluding hydrogens is 307 g/mol. The first kappa shape index (κ1) is 16.9. The van der Waals surface area contributed by atoms with Crippen LogP contribution in [-0.4, -0.2) is 31.1 Å². The van der Waals surface area contributed by atoms with Crippen molar-refractivity contribution in [2.75, 3.05) is 20.2 Å². The minimum absolute atomic E-state index is 0. The third-order valence-electron chi connectivity index (χ3n) is 3.46. The van der Waals surface area contributed by atoms with Crippen LogP contribution in [0.3, 0.4) is 0 Å². The summed E-state index contributed by atoms with van der Waals surface area (Å²) >= 11 is 12.4. The zero-order valence-corrected chi connectivity index (χ0v) is 13.4. The Kier molecular flexibility index (Phi) is 6.21. The number of likely N-dealkylation sites (tertiary alicyclic amines) is 1. The van der Waals surface area contributed by atoms with Gasteiger partial charge in [-0.3, -0.25) is 4.90 Å². The summed E-state index contributed by atoms with van der Waals surface area (Å²) in [7, 11) is 1.58. The Hall–Kier alpha value is -0.190. The molecule has 0 amide bonds. The van der Waals surface area contributed by atoms with E-state index in [0.717, 1.165) is 25.2 Å².